The Balaban J connectivity index is 1.96. The van der Waals surface area contributed by atoms with Crippen LogP contribution in [-0.2, 0) is 0 Å². The molecular weight excluding hydrogens is 215 g/mol. The van der Waals surface area contributed by atoms with Gasteiger partial charge in [-0.1, -0.05) is 0 Å². The van der Waals surface area contributed by atoms with E-state index in [1.807, 2.05) is 11.9 Å². The Morgan fingerprint density at radius 2 is 2.33 bits per heavy atom. The summed E-state index contributed by atoms with van der Waals surface area (Å²) in [6.45, 7) is 0.831. The van der Waals surface area contributed by atoms with Gasteiger partial charge < -0.3 is 4.90 Å². The molecule has 0 N–H and O–H groups in total. The molecule has 2 rings (SSSR count). The molecule has 0 spiro atoms. The first kappa shape index (κ1) is 10.7. The van der Waals surface area contributed by atoms with E-state index in [1.165, 1.54) is 6.07 Å². The standard InChI is InChI=1S/C11H14ClFN2/c1-15(7-8-5-9(12)6-8)11-10(13)3-2-4-14-11/h2-4,8-9H,5-7H2,1H3. The highest BCUT2D eigenvalue weighted by Gasteiger charge is 2.28. The molecule has 1 fully saturated rings. The summed E-state index contributed by atoms with van der Waals surface area (Å²) in [5, 5.41) is 0.317. The largest absolute Gasteiger partial charge is 0.357 e. The molecule has 2 nitrogen and oxygen atoms in total. The maximum absolute atomic E-state index is 13.4. The molecule has 0 saturated heterocycles. The summed E-state index contributed by atoms with van der Waals surface area (Å²) in [5.41, 5.74) is 0. The molecule has 0 bridgehead atoms. The Labute approximate surface area is 94.1 Å². The zero-order chi connectivity index (χ0) is 10.8. The molecule has 1 aromatic rings. The van der Waals surface area contributed by atoms with Crippen molar-refractivity contribution in [1.29, 1.82) is 0 Å². The van der Waals surface area contributed by atoms with Crippen LogP contribution in [0.4, 0.5) is 10.2 Å². The fourth-order valence-corrected chi connectivity index (χ4v) is 2.44. The molecule has 82 valence electrons. The molecular formula is C11H14ClFN2. The first-order chi connectivity index (χ1) is 7.16. The van der Waals surface area contributed by atoms with Gasteiger partial charge in [0.1, 0.15) is 0 Å². The highest BCUT2D eigenvalue weighted by Crippen LogP contribution is 2.33. The van der Waals surface area contributed by atoms with E-state index < -0.39 is 0 Å². The van der Waals surface area contributed by atoms with Gasteiger partial charge in [0.25, 0.3) is 0 Å². The highest BCUT2D eigenvalue weighted by atomic mass is 35.5. The number of nitrogens with zero attached hydrogens (tertiary/aromatic N) is 2. The van der Waals surface area contributed by atoms with Crippen LogP contribution < -0.4 is 4.90 Å². The fourth-order valence-electron chi connectivity index (χ4n) is 1.94. The molecule has 0 atom stereocenters. The Hall–Kier alpha value is -0.830. The van der Waals surface area contributed by atoms with Gasteiger partial charge in [0.05, 0.1) is 0 Å². The highest BCUT2D eigenvalue weighted by molar-refractivity contribution is 6.21. The summed E-state index contributed by atoms with van der Waals surface area (Å²) >= 11 is 5.90. The number of pyridine rings is 1. The number of halogens is 2. The molecule has 1 aliphatic carbocycles. The number of hydrogen-bond donors (Lipinski definition) is 0. The lowest BCUT2D eigenvalue weighted by molar-refractivity contribution is 0.328. The van der Waals surface area contributed by atoms with Gasteiger partial charge in [-0.25, -0.2) is 9.37 Å². The topological polar surface area (TPSA) is 16.1 Å². The molecule has 1 aliphatic rings. The van der Waals surface area contributed by atoms with Crippen LogP contribution >= 0.6 is 11.6 Å². The second kappa shape index (κ2) is 4.35. The Kier molecular flexibility index (Phi) is 3.10. The number of alkyl halides is 1. The smallest absolute Gasteiger partial charge is 0.165 e. The molecule has 0 aliphatic heterocycles. The molecule has 15 heavy (non-hydrogen) atoms. The van der Waals surface area contributed by atoms with Gasteiger partial charge in [0.2, 0.25) is 0 Å². The van der Waals surface area contributed by atoms with Crippen LogP contribution in [0.25, 0.3) is 0 Å². The minimum atomic E-state index is -0.262. The van der Waals surface area contributed by atoms with Crippen molar-refractivity contribution < 1.29 is 4.39 Å². The van der Waals surface area contributed by atoms with E-state index in [2.05, 4.69) is 4.98 Å². The van der Waals surface area contributed by atoms with E-state index in [4.69, 9.17) is 11.6 Å². The Bertz CT molecular complexity index is 339. The second-order valence-corrected chi connectivity index (χ2v) is 4.74. The molecule has 4 heteroatoms. The van der Waals surface area contributed by atoms with Gasteiger partial charge >= 0.3 is 0 Å². The van der Waals surface area contributed by atoms with Crippen LogP contribution in [-0.4, -0.2) is 24.0 Å². The van der Waals surface area contributed by atoms with Crippen molar-refractivity contribution in [2.24, 2.45) is 5.92 Å². The first-order valence-corrected chi connectivity index (χ1v) is 5.56. The Morgan fingerprint density at radius 1 is 1.60 bits per heavy atom. The van der Waals surface area contributed by atoms with E-state index in [9.17, 15) is 4.39 Å². The van der Waals surface area contributed by atoms with Gasteiger partial charge in [-0.2, -0.15) is 0 Å². The molecule has 1 saturated carbocycles. The average molecular weight is 229 g/mol. The maximum atomic E-state index is 13.4. The van der Waals surface area contributed by atoms with Crippen molar-refractivity contribution in [2.75, 3.05) is 18.5 Å². The molecule has 1 heterocycles. The van der Waals surface area contributed by atoms with Crippen molar-refractivity contribution >= 4 is 17.4 Å². The van der Waals surface area contributed by atoms with Gasteiger partial charge in [0, 0.05) is 25.2 Å². The van der Waals surface area contributed by atoms with Crippen LogP contribution in [0.1, 0.15) is 12.8 Å². The summed E-state index contributed by atoms with van der Waals surface area (Å²) in [5.74, 6) is 0.746. The number of aromatic nitrogens is 1. The summed E-state index contributed by atoms with van der Waals surface area (Å²) in [7, 11) is 1.87. The third-order valence-electron chi connectivity index (χ3n) is 2.81. The molecule has 0 aromatic carbocycles. The molecule has 0 radical (unpaired) electrons. The minimum absolute atomic E-state index is 0.262. The van der Waals surface area contributed by atoms with Crippen LogP contribution in [0.5, 0.6) is 0 Å². The number of hydrogen-bond acceptors (Lipinski definition) is 2. The van der Waals surface area contributed by atoms with Crippen molar-refractivity contribution in [2.45, 2.75) is 18.2 Å². The zero-order valence-corrected chi connectivity index (χ0v) is 9.41. The predicted octanol–water partition coefficient (Wildman–Crippen LogP) is 2.67. The lowest BCUT2D eigenvalue weighted by atomic mass is 9.84. The van der Waals surface area contributed by atoms with Crippen molar-refractivity contribution in [3.63, 3.8) is 0 Å². The van der Waals surface area contributed by atoms with Crippen LogP contribution in [0.3, 0.4) is 0 Å². The van der Waals surface area contributed by atoms with Crippen molar-refractivity contribution in [3.8, 4) is 0 Å². The monoisotopic (exact) mass is 228 g/mol. The van der Waals surface area contributed by atoms with Gasteiger partial charge in [-0.05, 0) is 30.9 Å². The van der Waals surface area contributed by atoms with E-state index in [-0.39, 0.29) is 5.82 Å². The lowest BCUT2D eigenvalue weighted by Crippen LogP contribution is -2.35. The van der Waals surface area contributed by atoms with Gasteiger partial charge in [0.15, 0.2) is 11.6 Å². The third-order valence-corrected chi connectivity index (χ3v) is 3.17. The fraction of sp³-hybridized carbons (Fsp3) is 0.545. The zero-order valence-electron chi connectivity index (χ0n) is 8.66. The van der Waals surface area contributed by atoms with E-state index in [0.717, 1.165) is 19.4 Å². The normalized spacial score (nSPS) is 24.7. The van der Waals surface area contributed by atoms with Gasteiger partial charge in [-0.3, -0.25) is 0 Å². The number of anilines is 1. The SMILES string of the molecule is CN(CC1CC(Cl)C1)c1ncccc1F. The summed E-state index contributed by atoms with van der Waals surface area (Å²) in [6, 6.07) is 3.04. The number of rotatable bonds is 3. The van der Waals surface area contributed by atoms with E-state index in [1.54, 1.807) is 12.3 Å². The van der Waals surface area contributed by atoms with Crippen LogP contribution in [0.15, 0.2) is 18.3 Å². The first-order valence-electron chi connectivity index (χ1n) is 5.12. The van der Waals surface area contributed by atoms with Crippen LogP contribution in [0.2, 0.25) is 0 Å². The van der Waals surface area contributed by atoms with E-state index >= 15 is 0 Å². The summed E-state index contributed by atoms with van der Waals surface area (Å²) in [6.07, 6.45) is 3.67. The molecule has 1 aromatic heterocycles. The average Bonchev–Trinajstić information content (AvgIpc) is 2.16. The Morgan fingerprint density at radius 3 is 2.93 bits per heavy atom. The van der Waals surface area contributed by atoms with Gasteiger partial charge in [-0.15, -0.1) is 11.6 Å². The van der Waals surface area contributed by atoms with Crippen LogP contribution in [0, 0.1) is 11.7 Å². The van der Waals surface area contributed by atoms with Crippen molar-refractivity contribution in [3.05, 3.63) is 24.1 Å². The minimum Gasteiger partial charge on any atom is -0.357 e. The van der Waals surface area contributed by atoms with E-state index in [0.29, 0.717) is 17.1 Å². The maximum Gasteiger partial charge on any atom is 0.165 e. The quantitative estimate of drug-likeness (QED) is 0.740. The second-order valence-electron chi connectivity index (χ2n) is 4.12. The third kappa shape index (κ3) is 2.40. The lowest BCUT2D eigenvalue weighted by Gasteiger charge is -2.34. The molecule has 0 amide bonds. The molecule has 0 unspecified atom stereocenters. The summed E-state index contributed by atoms with van der Waals surface area (Å²) in [4.78, 5) is 5.89. The summed E-state index contributed by atoms with van der Waals surface area (Å²) < 4.78 is 13.4. The van der Waals surface area contributed by atoms with Crippen molar-refractivity contribution in [1.82, 2.24) is 4.98 Å². The predicted molar refractivity (Wildman–Crippen MR) is 59.8 cm³/mol.